The van der Waals surface area contributed by atoms with Gasteiger partial charge in [0.25, 0.3) is 0 Å². The van der Waals surface area contributed by atoms with Crippen LogP contribution in [0.5, 0.6) is 0 Å². The third-order valence-corrected chi connectivity index (χ3v) is 6.27. The zero-order valence-corrected chi connectivity index (χ0v) is 16.5. The summed E-state index contributed by atoms with van der Waals surface area (Å²) in [6.07, 6.45) is -0.0759. The van der Waals surface area contributed by atoms with Crippen molar-refractivity contribution in [1.82, 2.24) is 14.9 Å². The van der Waals surface area contributed by atoms with Crippen LogP contribution in [0, 0.1) is 11.6 Å². The number of rotatable bonds is 9. The molecule has 1 atom stereocenters. The van der Waals surface area contributed by atoms with Crippen molar-refractivity contribution in [3.63, 3.8) is 0 Å². The maximum Gasteiger partial charge on any atom is 0.240 e. The number of hydrogen-bond acceptors (Lipinski definition) is 5. The number of benzene rings is 1. The SMILES string of the molecule is CN(C)C(CNC(=O)CCNS(=O)(=O)c1ccc(F)c(F)c1)c1cccs1. The standard InChI is InChI=1S/C17H21F2N3O3S2/c1-22(2)15(16-4-3-9-26-16)11-20-17(23)7-8-21-27(24,25)12-5-6-13(18)14(19)10-12/h3-6,9-10,15,21H,7-8,11H2,1-2H3,(H,20,23). The topological polar surface area (TPSA) is 78.5 Å². The summed E-state index contributed by atoms with van der Waals surface area (Å²) < 4.78 is 52.4. The molecule has 1 aromatic carbocycles. The Balaban J connectivity index is 1.83. The Morgan fingerprint density at radius 2 is 1.96 bits per heavy atom. The van der Waals surface area contributed by atoms with E-state index in [2.05, 4.69) is 10.0 Å². The minimum Gasteiger partial charge on any atom is -0.354 e. The van der Waals surface area contributed by atoms with Gasteiger partial charge in [-0.25, -0.2) is 21.9 Å². The van der Waals surface area contributed by atoms with Crippen LogP contribution in [0.4, 0.5) is 8.78 Å². The molecule has 2 aromatic rings. The van der Waals surface area contributed by atoms with E-state index in [0.717, 1.165) is 17.0 Å². The van der Waals surface area contributed by atoms with Crippen LogP contribution in [-0.4, -0.2) is 46.4 Å². The van der Waals surface area contributed by atoms with Gasteiger partial charge in [0.1, 0.15) is 0 Å². The molecule has 10 heteroatoms. The maximum atomic E-state index is 13.2. The van der Waals surface area contributed by atoms with E-state index in [-0.39, 0.29) is 24.9 Å². The van der Waals surface area contributed by atoms with Crippen LogP contribution in [0.1, 0.15) is 17.3 Å². The van der Waals surface area contributed by atoms with Crippen molar-refractivity contribution in [2.75, 3.05) is 27.2 Å². The van der Waals surface area contributed by atoms with Gasteiger partial charge in [0, 0.05) is 24.4 Å². The fraction of sp³-hybridized carbons (Fsp3) is 0.353. The molecule has 0 aliphatic rings. The predicted molar refractivity (Wildman–Crippen MR) is 99.9 cm³/mol. The van der Waals surface area contributed by atoms with Crippen LogP contribution in [0.25, 0.3) is 0 Å². The van der Waals surface area contributed by atoms with Crippen molar-refractivity contribution in [3.8, 4) is 0 Å². The van der Waals surface area contributed by atoms with E-state index in [9.17, 15) is 22.0 Å². The summed E-state index contributed by atoms with van der Waals surface area (Å²) in [7, 11) is -0.200. The first-order valence-corrected chi connectivity index (χ1v) is 10.5. The van der Waals surface area contributed by atoms with E-state index in [1.165, 1.54) is 0 Å². The summed E-state index contributed by atoms with van der Waals surface area (Å²) in [6, 6.07) is 6.24. The highest BCUT2D eigenvalue weighted by Gasteiger charge is 2.18. The monoisotopic (exact) mass is 417 g/mol. The number of thiophene rings is 1. The molecule has 1 unspecified atom stereocenters. The van der Waals surface area contributed by atoms with Gasteiger partial charge in [-0.1, -0.05) is 6.07 Å². The van der Waals surface area contributed by atoms with Crippen molar-refractivity contribution >= 4 is 27.3 Å². The largest absolute Gasteiger partial charge is 0.354 e. The predicted octanol–water partition coefficient (Wildman–Crippen LogP) is 2.11. The minimum absolute atomic E-state index is 0.0211. The van der Waals surface area contributed by atoms with Gasteiger partial charge in [-0.3, -0.25) is 4.79 Å². The van der Waals surface area contributed by atoms with Gasteiger partial charge >= 0.3 is 0 Å². The van der Waals surface area contributed by atoms with Gasteiger partial charge in [-0.2, -0.15) is 0 Å². The Bertz CT molecular complexity index is 872. The van der Waals surface area contributed by atoms with E-state index in [4.69, 9.17) is 0 Å². The molecule has 0 saturated carbocycles. The lowest BCUT2D eigenvalue weighted by atomic mass is 10.2. The molecule has 6 nitrogen and oxygen atoms in total. The number of carbonyl (C=O) groups excluding carboxylic acids is 1. The summed E-state index contributed by atoms with van der Waals surface area (Å²) in [5.41, 5.74) is 0. The number of sulfonamides is 1. The normalized spacial score (nSPS) is 12.9. The van der Waals surface area contributed by atoms with E-state index in [1.807, 2.05) is 36.5 Å². The fourth-order valence-electron chi connectivity index (χ4n) is 2.34. The van der Waals surface area contributed by atoms with Crippen molar-refractivity contribution in [2.45, 2.75) is 17.4 Å². The highest BCUT2D eigenvalue weighted by atomic mass is 32.2. The van der Waals surface area contributed by atoms with Crippen LogP contribution in [0.15, 0.2) is 40.6 Å². The second-order valence-electron chi connectivity index (χ2n) is 6.02. The Labute approximate surface area is 161 Å². The Hall–Kier alpha value is -1.88. The molecule has 0 spiro atoms. The van der Waals surface area contributed by atoms with Gasteiger partial charge in [0.2, 0.25) is 15.9 Å². The molecule has 0 aliphatic carbocycles. The first kappa shape index (κ1) is 21.4. The average molecular weight is 418 g/mol. The molecule has 0 radical (unpaired) electrons. The maximum absolute atomic E-state index is 13.2. The lowest BCUT2D eigenvalue weighted by molar-refractivity contribution is -0.121. The molecule has 27 heavy (non-hydrogen) atoms. The number of carbonyl (C=O) groups is 1. The minimum atomic E-state index is -4.02. The second-order valence-corrected chi connectivity index (χ2v) is 8.77. The molecule has 0 saturated heterocycles. The Kier molecular flexibility index (Phi) is 7.42. The van der Waals surface area contributed by atoms with Crippen LogP contribution in [-0.2, 0) is 14.8 Å². The number of nitrogens with one attached hydrogen (secondary N) is 2. The van der Waals surface area contributed by atoms with Crippen molar-refractivity contribution in [2.24, 2.45) is 0 Å². The van der Waals surface area contributed by atoms with Crippen LogP contribution in [0.2, 0.25) is 0 Å². The highest BCUT2D eigenvalue weighted by Crippen LogP contribution is 2.22. The molecule has 1 aromatic heterocycles. The van der Waals surface area contributed by atoms with Gasteiger partial charge in [-0.05, 0) is 43.7 Å². The molecular weight excluding hydrogens is 396 g/mol. The molecule has 0 fully saturated rings. The first-order valence-electron chi connectivity index (χ1n) is 8.12. The molecule has 1 amide bonds. The molecule has 2 N–H and O–H groups in total. The third-order valence-electron chi connectivity index (χ3n) is 3.83. The Morgan fingerprint density at radius 3 is 2.56 bits per heavy atom. The lowest BCUT2D eigenvalue weighted by Gasteiger charge is -2.23. The van der Waals surface area contributed by atoms with Gasteiger partial charge in [0.15, 0.2) is 11.6 Å². The average Bonchev–Trinajstić information content (AvgIpc) is 3.11. The molecule has 2 rings (SSSR count). The number of amides is 1. The van der Waals surface area contributed by atoms with Gasteiger partial charge in [0.05, 0.1) is 10.9 Å². The van der Waals surface area contributed by atoms with E-state index in [1.54, 1.807) is 11.3 Å². The van der Waals surface area contributed by atoms with Crippen molar-refractivity contribution < 1.29 is 22.0 Å². The summed E-state index contributed by atoms with van der Waals surface area (Å²) in [6.45, 7) is 0.237. The molecule has 0 aliphatic heterocycles. The second kappa shape index (κ2) is 9.36. The molecule has 0 bridgehead atoms. The quantitative estimate of drug-likeness (QED) is 0.655. The van der Waals surface area contributed by atoms with E-state index >= 15 is 0 Å². The number of likely N-dealkylation sites (N-methyl/N-ethyl adjacent to an activating group) is 1. The summed E-state index contributed by atoms with van der Waals surface area (Å²) in [5, 5.41) is 4.74. The fourth-order valence-corrected chi connectivity index (χ4v) is 4.31. The smallest absolute Gasteiger partial charge is 0.240 e. The number of hydrogen-bond donors (Lipinski definition) is 2. The molecule has 148 valence electrons. The Morgan fingerprint density at radius 1 is 1.22 bits per heavy atom. The third kappa shape index (κ3) is 6.06. The van der Waals surface area contributed by atoms with Crippen molar-refractivity contribution in [1.29, 1.82) is 0 Å². The highest BCUT2D eigenvalue weighted by molar-refractivity contribution is 7.89. The van der Waals surface area contributed by atoms with E-state index in [0.29, 0.717) is 12.6 Å². The zero-order chi connectivity index (χ0) is 20.0. The number of halogens is 2. The summed E-state index contributed by atoms with van der Waals surface area (Å²) in [4.78, 5) is 14.7. The molecule has 1 heterocycles. The molecular formula is C17H21F2N3O3S2. The van der Waals surface area contributed by atoms with Gasteiger partial charge < -0.3 is 10.2 Å². The zero-order valence-electron chi connectivity index (χ0n) is 14.9. The first-order chi connectivity index (χ1) is 12.7. The summed E-state index contributed by atoms with van der Waals surface area (Å²) in [5.74, 6) is -2.69. The van der Waals surface area contributed by atoms with Crippen LogP contribution in [0.3, 0.4) is 0 Å². The van der Waals surface area contributed by atoms with Crippen LogP contribution < -0.4 is 10.0 Å². The summed E-state index contributed by atoms with van der Waals surface area (Å²) >= 11 is 1.59. The van der Waals surface area contributed by atoms with E-state index < -0.39 is 26.6 Å². The lowest BCUT2D eigenvalue weighted by Crippen LogP contribution is -2.36. The number of nitrogens with zero attached hydrogens (tertiary/aromatic N) is 1. The van der Waals surface area contributed by atoms with Crippen molar-refractivity contribution in [3.05, 3.63) is 52.2 Å². The van der Waals surface area contributed by atoms with Gasteiger partial charge in [-0.15, -0.1) is 11.3 Å². The van der Waals surface area contributed by atoms with Crippen LogP contribution >= 0.6 is 11.3 Å².